The number of thioether (sulfide) groups is 1. The van der Waals surface area contributed by atoms with Crippen molar-refractivity contribution in [2.45, 2.75) is 24.3 Å². The van der Waals surface area contributed by atoms with E-state index in [0.717, 1.165) is 0 Å². The van der Waals surface area contributed by atoms with Gasteiger partial charge in [-0.25, -0.2) is 0 Å². The predicted molar refractivity (Wildman–Crippen MR) is 262 cm³/mol. The molecule has 8 aromatic carbocycles. The molecule has 10 rings (SSSR count). The van der Waals surface area contributed by atoms with Gasteiger partial charge in [-0.3, -0.25) is 4.99 Å². The standard InChI is InChI=1S/C31H23NS.C14H13N.C13H12/c32-20-24-16-17-26(22-12-6-2-7-13-22)31-29(24)28-19-25(21-10-4-1-5-11-21)18-27(30(28)33-31)23-14-8-3-9-15-23;1-15-11-12-7-9-14(10-8-12)13-5-3-2-4-6-13;1-11-6-5-9-13(10-11)12-7-3-2-4-8-12/h1-20,24,29,32H;2-10H,1,11H2;2-10H,1H3. The van der Waals surface area contributed by atoms with Crippen LogP contribution in [0.3, 0.4) is 0 Å². The summed E-state index contributed by atoms with van der Waals surface area (Å²) < 4.78 is 0. The Morgan fingerprint density at radius 3 is 1.56 bits per heavy atom. The molecular formula is C58H48N2S. The SMILES string of the molecule is C=NCc1ccc(-c2ccccc2)cc1.Cc1cccc(-c2ccccc2)c1.N=CC1C=CC(c2ccccc2)=C2Sc3c(-c4ccccc4)cc(-c4ccccc4)cc3C21. The first-order valence-corrected chi connectivity index (χ1v) is 21.5. The van der Waals surface area contributed by atoms with E-state index < -0.39 is 0 Å². The van der Waals surface area contributed by atoms with Crippen molar-refractivity contribution in [3.63, 3.8) is 0 Å². The smallest absolute Gasteiger partial charge is 0.0632 e. The van der Waals surface area contributed by atoms with E-state index in [2.05, 4.69) is 231 Å². The first-order valence-electron chi connectivity index (χ1n) is 20.7. The Morgan fingerprint density at radius 1 is 0.525 bits per heavy atom. The van der Waals surface area contributed by atoms with Gasteiger partial charge >= 0.3 is 0 Å². The molecule has 0 saturated heterocycles. The molecule has 3 heteroatoms. The number of nitrogens with zero attached hydrogens (tertiary/aromatic N) is 1. The van der Waals surface area contributed by atoms with E-state index in [1.807, 2.05) is 23.9 Å². The number of aryl methyl sites for hydroxylation is 1. The number of fused-ring (bicyclic) bond motifs is 3. The maximum absolute atomic E-state index is 8.19. The van der Waals surface area contributed by atoms with Gasteiger partial charge in [-0.2, -0.15) is 0 Å². The van der Waals surface area contributed by atoms with Crippen molar-refractivity contribution in [3.05, 3.63) is 252 Å². The largest absolute Gasteiger partial charge is 0.312 e. The number of rotatable bonds is 8. The highest BCUT2D eigenvalue weighted by atomic mass is 32.2. The van der Waals surface area contributed by atoms with Gasteiger partial charge in [0.1, 0.15) is 0 Å². The maximum atomic E-state index is 8.19. The fourth-order valence-electron chi connectivity index (χ4n) is 7.97. The average Bonchev–Trinajstić information content (AvgIpc) is 3.73. The topological polar surface area (TPSA) is 36.2 Å². The summed E-state index contributed by atoms with van der Waals surface area (Å²) in [6.07, 6.45) is 6.03. The summed E-state index contributed by atoms with van der Waals surface area (Å²) in [4.78, 5) is 6.54. The van der Waals surface area contributed by atoms with Crippen molar-refractivity contribution in [1.29, 1.82) is 5.41 Å². The van der Waals surface area contributed by atoms with Crippen LogP contribution in [-0.4, -0.2) is 12.9 Å². The Kier molecular flexibility index (Phi) is 13.2. The zero-order valence-electron chi connectivity index (χ0n) is 34.4. The lowest BCUT2D eigenvalue weighted by Crippen LogP contribution is -2.14. The Balaban J connectivity index is 0.000000151. The zero-order chi connectivity index (χ0) is 41.8. The van der Waals surface area contributed by atoms with E-state index >= 15 is 0 Å². The van der Waals surface area contributed by atoms with Gasteiger partial charge in [0.2, 0.25) is 0 Å². The summed E-state index contributed by atoms with van der Waals surface area (Å²) in [6, 6.07) is 74.4. The summed E-state index contributed by atoms with van der Waals surface area (Å²) in [5.41, 5.74) is 16.4. The second-order valence-electron chi connectivity index (χ2n) is 15.2. The van der Waals surface area contributed by atoms with Gasteiger partial charge in [-0.15, -0.1) is 0 Å². The third kappa shape index (κ3) is 9.71. The minimum absolute atomic E-state index is 0.0656. The summed E-state index contributed by atoms with van der Waals surface area (Å²) in [7, 11) is 0. The second-order valence-corrected chi connectivity index (χ2v) is 16.2. The van der Waals surface area contributed by atoms with Gasteiger partial charge < -0.3 is 5.41 Å². The van der Waals surface area contributed by atoms with Gasteiger partial charge in [0, 0.05) is 27.9 Å². The highest BCUT2D eigenvalue weighted by Crippen LogP contribution is 2.59. The number of hydrogen-bond acceptors (Lipinski definition) is 3. The van der Waals surface area contributed by atoms with Gasteiger partial charge in [0.05, 0.1) is 6.54 Å². The van der Waals surface area contributed by atoms with Crippen LogP contribution in [0.1, 0.15) is 28.2 Å². The molecule has 0 radical (unpaired) electrons. The summed E-state index contributed by atoms with van der Waals surface area (Å²) >= 11 is 1.89. The zero-order valence-corrected chi connectivity index (χ0v) is 35.2. The molecule has 1 aliphatic heterocycles. The molecule has 8 aromatic rings. The molecule has 0 aromatic heterocycles. The summed E-state index contributed by atoms with van der Waals surface area (Å²) in [5, 5.41) is 8.19. The molecule has 0 spiro atoms. The Hall–Kier alpha value is -7.07. The summed E-state index contributed by atoms with van der Waals surface area (Å²) in [6.45, 7) is 6.29. The second kappa shape index (κ2) is 19.8. The Morgan fingerprint density at radius 2 is 1.02 bits per heavy atom. The molecular weight excluding hydrogens is 757 g/mol. The van der Waals surface area contributed by atoms with Crippen molar-refractivity contribution in [2.75, 3.05) is 0 Å². The number of benzene rings is 8. The van der Waals surface area contributed by atoms with Crippen LogP contribution in [0.5, 0.6) is 0 Å². The quantitative estimate of drug-likeness (QED) is 0.153. The molecule has 2 atom stereocenters. The van der Waals surface area contributed by atoms with Crippen molar-refractivity contribution in [2.24, 2.45) is 10.9 Å². The van der Waals surface area contributed by atoms with Crippen molar-refractivity contribution >= 4 is 30.3 Å². The monoisotopic (exact) mass is 804 g/mol. The van der Waals surface area contributed by atoms with E-state index in [4.69, 9.17) is 5.41 Å². The molecule has 2 aliphatic rings. The first kappa shape index (κ1) is 40.7. The number of allylic oxidation sites excluding steroid dienone is 4. The van der Waals surface area contributed by atoms with E-state index in [1.54, 1.807) is 6.21 Å². The van der Waals surface area contributed by atoms with Gasteiger partial charge in [0.15, 0.2) is 0 Å². The average molecular weight is 805 g/mol. The predicted octanol–water partition coefficient (Wildman–Crippen LogP) is 15.7. The summed E-state index contributed by atoms with van der Waals surface area (Å²) in [5.74, 6) is 0.240. The highest BCUT2D eigenvalue weighted by molar-refractivity contribution is 8.03. The molecule has 2 unspecified atom stereocenters. The van der Waals surface area contributed by atoms with Crippen molar-refractivity contribution in [3.8, 4) is 44.5 Å². The molecule has 1 N–H and O–H groups in total. The van der Waals surface area contributed by atoms with Crippen LogP contribution in [0.25, 0.3) is 50.1 Å². The van der Waals surface area contributed by atoms with Crippen LogP contribution in [0.15, 0.2) is 239 Å². The first-order chi connectivity index (χ1) is 30.1. The maximum Gasteiger partial charge on any atom is 0.0632 e. The Labute approximate surface area is 365 Å². The van der Waals surface area contributed by atoms with Crippen molar-refractivity contribution < 1.29 is 0 Å². The van der Waals surface area contributed by atoms with E-state index in [9.17, 15) is 0 Å². The molecule has 0 amide bonds. The third-order valence-electron chi connectivity index (χ3n) is 11.0. The minimum atomic E-state index is 0.0656. The lowest BCUT2D eigenvalue weighted by Gasteiger charge is -2.25. The molecule has 0 fully saturated rings. The van der Waals surface area contributed by atoms with Crippen LogP contribution in [0.4, 0.5) is 0 Å². The number of hydrogen-bond donors (Lipinski definition) is 1. The van der Waals surface area contributed by atoms with Gasteiger partial charge in [-0.1, -0.05) is 230 Å². The van der Waals surface area contributed by atoms with E-state index in [1.165, 1.54) is 82.1 Å². The molecule has 1 heterocycles. The molecule has 61 heavy (non-hydrogen) atoms. The lowest BCUT2D eigenvalue weighted by atomic mass is 9.78. The molecule has 296 valence electrons. The number of aliphatic imine (C=N–C) groups is 1. The normalized spacial score (nSPS) is 14.6. The van der Waals surface area contributed by atoms with E-state index in [0.29, 0.717) is 6.54 Å². The fourth-order valence-corrected chi connectivity index (χ4v) is 9.49. The molecule has 0 bridgehead atoms. The molecule has 0 saturated carbocycles. The Bertz CT molecular complexity index is 2760. The van der Waals surface area contributed by atoms with Crippen LogP contribution in [0.2, 0.25) is 0 Å². The lowest BCUT2D eigenvalue weighted by molar-refractivity contribution is 0.737. The van der Waals surface area contributed by atoms with Gasteiger partial charge in [0.25, 0.3) is 0 Å². The minimum Gasteiger partial charge on any atom is -0.312 e. The van der Waals surface area contributed by atoms with Crippen LogP contribution in [-0.2, 0) is 6.54 Å². The van der Waals surface area contributed by atoms with E-state index in [-0.39, 0.29) is 11.8 Å². The van der Waals surface area contributed by atoms with Crippen LogP contribution >= 0.6 is 11.8 Å². The van der Waals surface area contributed by atoms with Crippen LogP contribution in [0, 0.1) is 18.3 Å². The molecule has 1 aliphatic carbocycles. The third-order valence-corrected chi connectivity index (χ3v) is 12.4. The van der Waals surface area contributed by atoms with Gasteiger partial charge in [-0.05, 0) is 92.5 Å². The highest BCUT2D eigenvalue weighted by Gasteiger charge is 2.38. The van der Waals surface area contributed by atoms with Crippen molar-refractivity contribution in [1.82, 2.24) is 0 Å². The fraction of sp³-hybridized carbons (Fsp3) is 0.0690. The molecule has 2 nitrogen and oxygen atoms in total. The number of nitrogens with one attached hydrogen (secondary N) is 1. The van der Waals surface area contributed by atoms with Crippen LogP contribution < -0.4 is 0 Å².